The fraction of sp³-hybridized carbons (Fsp3) is 0.600. The van der Waals surface area contributed by atoms with E-state index in [9.17, 15) is 0 Å². The molecule has 1 aliphatic rings. The molecule has 3 nitrogen and oxygen atoms in total. The molecule has 1 aliphatic heterocycles. The lowest BCUT2D eigenvalue weighted by molar-refractivity contribution is 0.0547. The van der Waals surface area contributed by atoms with Crippen molar-refractivity contribution in [3.8, 4) is 5.75 Å². The summed E-state index contributed by atoms with van der Waals surface area (Å²) in [5.41, 5.74) is 1.28. The van der Waals surface area contributed by atoms with Gasteiger partial charge >= 0.3 is 0 Å². The highest BCUT2D eigenvalue weighted by atomic mass is 16.5. The van der Waals surface area contributed by atoms with E-state index >= 15 is 0 Å². The summed E-state index contributed by atoms with van der Waals surface area (Å²) in [6.45, 7) is 6.51. The van der Waals surface area contributed by atoms with Gasteiger partial charge in [0.1, 0.15) is 5.75 Å². The van der Waals surface area contributed by atoms with Crippen LogP contribution in [0.4, 0.5) is 0 Å². The maximum atomic E-state index is 5.50. The molecule has 18 heavy (non-hydrogen) atoms. The zero-order chi connectivity index (χ0) is 12.6. The molecule has 2 rings (SSSR count). The second kappa shape index (κ2) is 7.39. The number of hydrogen-bond donors (Lipinski definition) is 1. The standard InChI is InChI=1S/C15H23NO2/c1-2-18-15-7-3-5-13(9-15)10-16-11-14-6-4-8-17-12-14/h3,5,7,9,14,16H,2,4,6,8,10-12H2,1H3. The van der Waals surface area contributed by atoms with E-state index in [0.29, 0.717) is 5.92 Å². The first-order chi connectivity index (χ1) is 8.88. The van der Waals surface area contributed by atoms with E-state index in [0.717, 1.165) is 38.7 Å². The normalized spacial score (nSPS) is 19.7. The van der Waals surface area contributed by atoms with Gasteiger partial charge in [0.2, 0.25) is 0 Å². The van der Waals surface area contributed by atoms with Crippen molar-refractivity contribution >= 4 is 0 Å². The molecular weight excluding hydrogens is 226 g/mol. The monoisotopic (exact) mass is 249 g/mol. The lowest BCUT2D eigenvalue weighted by Crippen LogP contribution is -2.28. The fourth-order valence-corrected chi connectivity index (χ4v) is 2.30. The Morgan fingerprint density at radius 1 is 1.44 bits per heavy atom. The highest BCUT2D eigenvalue weighted by Crippen LogP contribution is 2.14. The van der Waals surface area contributed by atoms with Gasteiger partial charge in [-0.1, -0.05) is 12.1 Å². The summed E-state index contributed by atoms with van der Waals surface area (Å²) in [5, 5.41) is 3.51. The van der Waals surface area contributed by atoms with Crippen LogP contribution >= 0.6 is 0 Å². The van der Waals surface area contributed by atoms with Gasteiger partial charge in [0.15, 0.2) is 0 Å². The summed E-state index contributed by atoms with van der Waals surface area (Å²) in [5.74, 6) is 1.63. The average molecular weight is 249 g/mol. The van der Waals surface area contributed by atoms with Crippen molar-refractivity contribution in [2.24, 2.45) is 5.92 Å². The molecule has 0 amide bonds. The van der Waals surface area contributed by atoms with E-state index in [1.54, 1.807) is 0 Å². The molecule has 0 aliphatic carbocycles. The van der Waals surface area contributed by atoms with E-state index in [1.807, 2.05) is 19.1 Å². The first kappa shape index (κ1) is 13.4. The van der Waals surface area contributed by atoms with Gasteiger partial charge in [-0.2, -0.15) is 0 Å². The van der Waals surface area contributed by atoms with Gasteiger partial charge in [0, 0.05) is 19.7 Å². The summed E-state index contributed by atoms with van der Waals surface area (Å²) in [7, 11) is 0. The number of benzene rings is 1. The molecular formula is C15H23NO2. The van der Waals surface area contributed by atoms with E-state index in [2.05, 4.69) is 17.4 Å². The van der Waals surface area contributed by atoms with Crippen molar-refractivity contribution in [3.05, 3.63) is 29.8 Å². The second-order valence-corrected chi connectivity index (χ2v) is 4.79. The topological polar surface area (TPSA) is 30.5 Å². The maximum absolute atomic E-state index is 5.50. The Morgan fingerprint density at radius 3 is 3.17 bits per heavy atom. The van der Waals surface area contributed by atoms with Crippen LogP contribution < -0.4 is 10.1 Å². The predicted molar refractivity (Wildman–Crippen MR) is 72.9 cm³/mol. The molecule has 1 N–H and O–H groups in total. The maximum Gasteiger partial charge on any atom is 0.119 e. The highest BCUT2D eigenvalue weighted by molar-refractivity contribution is 5.28. The summed E-state index contributed by atoms with van der Waals surface area (Å²) in [6.07, 6.45) is 2.48. The van der Waals surface area contributed by atoms with Crippen molar-refractivity contribution in [1.82, 2.24) is 5.32 Å². The Hall–Kier alpha value is -1.06. The van der Waals surface area contributed by atoms with Crippen molar-refractivity contribution in [2.45, 2.75) is 26.3 Å². The lowest BCUT2D eigenvalue weighted by atomic mass is 10.0. The van der Waals surface area contributed by atoms with Gasteiger partial charge in [-0.25, -0.2) is 0 Å². The van der Waals surface area contributed by atoms with Crippen molar-refractivity contribution in [3.63, 3.8) is 0 Å². The minimum absolute atomic E-state index is 0.675. The smallest absolute Gasteiger partial charge is 0.119 e. The van der Waals surface area contributed by atoms with Gasteiger partial charge in [0.25, 0.3) is 0 Å². The predicted octanol–water partition coefficient (Wildman–Crippen LogP) is 2.60. The summed E-state index contributed by atoms with van der Waals surface area (Å²) < 4.78 is 11.0. The SMILES string of the molecule is CCOc1cccc(CNCC2CCCOC2)c1. The first-order valence-electron chi connectivity index (χ1n) is 6.88. The minimum Gasteiger partial charge on any atom is -0.494 e. The third-order valence-corrected chi connectivity index (χ3v) is 3.23. The van der Waals surface area contributed by atoms with Crippen LogP contribution in [0.1, 0.15) is 25.3 Å². The van der Waals surface area contributed by atoms with Gasteiger partial charge in [0.05, 0.1) is 13.2 Å². The molecule has 0 spiro atoms. The van der Waals surface area contributed by atoms with Gasteiger partial charge in [-0.15, -0.1) is 0 Å². The van der Waals surface area contributed by atoms with Crippen LogP contribution in [0, 0.1) is 5.92 Å². The Morgan fingerprint density at radius 2 is 2.39 bits per heavy atom. The Bertz CT molecular complexity index is 348. The first-order valence-corrected chi connectivity index (χ1v) is 6.88. The van der Waals surface area contributed by atoms with Crippen molar-refractivity contribution in [1.29, 1.82) is 0 Å². The zero-order valence-corrected chi connectivity index (χ0v) is 11.2. The quantitative estimate of drug-likeness (QED) is 0.840. The lowest BCUT2D eigenvalue weighted by Gasteiger charge is -2.22. The van der Waals surface area contributed by atoms with E-state index in [-0.39, 0.29) is 0 Å². The molecule has 0 saturated carbocycles. The molecule has 0 aromatic heterocycles. The third kappa shape index (κ3) is 4.31. The average Bonchev–Trinajstić information content (AvgIpc) is 2.41. The molecule has 1 aromatic rings. The van der Waals surface area contributed by atoms with Crippen LogP contribution in [-0.4, -0.2) is 26.4 Å². The van der Waals surface area contributed by atoms with Crippen LogP contribution in [0.3, 0.4) is 0 Å². The van der Waals surface area contributed by atoms with E-state index < -0.39 is 0 Å². The molecule has 100 valence electrons. The van der Waals surface area contributed by atoms with Crippen LogP contribution in [0.2, 0.25) is 0 Å². The Labute approximate surface area is 109 Å². The van der Waals surface area contributed by atoms with Crippen LogP contribution in [0.5, 0.6) is 5.75 Å². The zero-order valence-electron chi connectivity index (χ0n) is 11.2. The molecule has 1 fully saturated rings. The fourth-order valence-electron chi connectivity index (χ4n) is 2.30. The number of rotatable bonds is 6. The summed E-state index contributed by atoms with van der Waals surface area (Å²) >= 11 is 0. The Kier molecular flexibility index (Phi) is 5.49. The largest absolute Gasteiger partial charge is 0.494 e. The van der Waals surface area contributed by atoms with Gasteiger partial charge in [-0.3, -0.25) is 0 Å². The van der Waals surface area contributed by atoms with Gasteiger partial charge in [-0.05, 0) is 43.4 Å². The molecule has 1 atom stereocenters. The molecule has 1 aromatic carbocycles. The van der Waals surface area contributed by atoms with Crippen LogP contribution in [0.15, 0.2) is 24.3 Å². The number of ether oxygens (including phenoxy) is 2. The molecule has 3 heteroatoms. The Balaban J connectivity index is 1.73. The second-order valence-electron chi connectivity index (χ2n) is 4.79. The molecule has 1 heterocycles. The number of nitrogens with one attached hydrogen (secondary N) is 1. The molecule has 0 bridgehead atoms. The molecule has 1 unspecified atom stereocenters. The van der Waals surface area contributed by atoms with Gasteiger partial charge < -0.3 is 14.8 Å². The molecule has 1 saturated heterocycles. The number of hydrogen-bond acceptors (Lipinski definition) is 3. The minimum atomic E-state index is 0.675. The van der Waals surface area contributed by atoms with E-state index in [4.69, 9.17) is 9.47 Å². The molecule has 0 radical (unpaired) electrons. The van der Waals surface area contributed by atoms with Crippen LogP contribution in [0.25, 0.3) is 0 Å². The third-order valence-electron chi connectivity index (χ3n) is 3.23. The summed E-state index contributed by atoms with van der Waals surface area (Å²) in [6, 6.07) is 8.29. The van der Waals surface area contributed by atoms with Crippen molar-refractivity contribution in [2.75, 3.05) is 26.4 Å². The van der Waals surface area contributed by atoms with E-state index in [1.165, 1.54) is 18.4 Å². The highest BCUT2D eigenvalue weighted by Gasteiger charge is 2.12. The summed E-state index contributed by atoms with van der Waals surface area (Å²) in [4.78, 5) is 0. The van der Waals surface area contributed by atoms with Crippen molar-refractivity contribution < 1.29 is 9.47 Å². The van der Waals surface area contributed by atoms with Crippen LogP contribution in [-0.2, 0) is 11.3 Å².